The number of hydrogen-bond acceptors (Lipinski definition) is 3. The molecule has 122 valence electrons. The van der Waals surface area contributed by atoms with Crippen molar-refractivity contribution in [1.82, 2.24) is 10.2 Å². The lowest BCUT2D eigenvalue weighted by atomic mass is 10.0. The van der Waals surface area contributed by atoms with Crippen LogP contribution in [0.4, 0.5) is 4.79 Å². The minimum Gasteiger partial charge on any atom is -0.444 e. The Labute approximate surface area is 133 Å². The molecule has 2 rings (SSSR count). The zero-order valence-corrected chi connectivity index (χ0v) is 14.0. The molecule has 4 nitrogen and oxygen atoms in total. The molecule has 1 amide bonds. The zero-order chi connectivity index (χ0) is 16.0. The van der Waals surface area contributed by atoms with Crippen LogP contribution >= 0.6 is 0 Å². The molecule has 0 spiro atoms. The molecule has 22 heavy (non-hydrogen) atoms. The second-order valence-electron chi connectivity index (χ2n) is 7.00. The predicted octanol–water partition coefficient (Wildman–Crippen LogP) is 3.22. The number of amides is 1. The highest BCUT2D eigenvalue weighted by Gasteiger charge is 2.23. The number of piperidine rings is 1. The minimum absolute atomic E-state index is 0.239. The lowest BCUT2D eigenvalue weighted by Gasteiger charge is -2.32. The molecule has 0 aliphatic carbocycles. The molecule has 4 heteroatoms. The number of benzene rings is 1. The van der Waals surface area contributed by atoms with Gasteiger partial charge < -0.3 is 15.0 Å². The quantitative estimate of drug-likeness (QED) is 0.928. The summed E-state index contributed by atoms with van der Waals surface area (Å²) >= 11 is 0. The molecule has 1 fully saturated rings. The molecular formula is C18H28N2O2. The second kappa shape index (κ2) is 7.63. The van der Waals surface area contributed by atoms with Crippen LogP contribution < -0.4 is 5.32 Å². The van der Waals surface area contributed by atoms with Crippen molar-refractivity contribution in [2.75, 3.05) is 19.6 Å². The van der Waals surface area contributed by atoms with Gasteiger partial charge in [-0.1, -0.05) is 30.3 Å². The maximum Gasteiger partial charge on any atom is 0.407 e. The molecule has 0 aromatic heterocycles. The molecule has 1 saturated heterocycles. The number of nitrogens with zero attached hydrogens (tertiary/aromatic N) is 1. The number of ether oxygens (including phenoxy) is 1. The van der Waals surface area contributed by atoms with E-state index >= 15 is 0 Å². The number of hydrogen-bond donors (Lipinski definition) is 1. The average Bonchev–Trinajstić information content (AvgIpc) is 2.45. The molecule has 1 N–H and O–H groups in total. The van der Waals surface area contributed by atoms with Crippen molar-refractivity contribution >= 4 is 6.09 Å². The van der Waals surface area contributed by atoms with Gasteiger partial charge in [-0.2, -0.15) is 0 Å². The first kappa shape index (κ1) is 16.8. The normalized spacial score (nSPS) is 17.2. The van der Waals surface area contributed by atoms with E-state index in [9.17, 15) is 4.79 Å². The first-order valence-electron chi connectivity index (χ1n) is 8.18. The van der Waals surface area contributed by atoms with Crippen LogP contribution in [0.15, 0.2) is 30.3 Å². The molecule has 0 unspecified atom stereocenters. The third-order valence-corrected chi connectivity index (χ3v) is 3.87. The van der Waals surface area contributed by atoms with Crippen LogP contribution in [0.3, 0.4) is 0 Å². The van der Waals surface area contributed by atoms with Gasteiger partial charge in [0.15, 0.2) is 0 Å². The SMILES string of the molecule is CC(C)(C)OC(=O)NC1CCN(CCc2ccccc2)CC1. The zero-order valence-electron chi connectivity index (χ0n) is 14.0. The summed E-state index contributed by atoms with van der Waals surface area (Å²) in [6.07, 6.45) is 2.78. The van der Waals surface area contributed by atoms with E-state index in [0.717, 1.165) is 38.9 Å². The van der Waals surface area contributed by atoms with E-state index in [2.05, 4.69) is 40.5 Å². The van der Waals surface area contributed by atoms with Crippen LogP contribution in [0.5, 0.6) is 0 Å². The summed E-state index contributed by atoms with van der Waals surface area (Å²) in [6, 6.07) is 10.8. The fourth-order valence-corrected chi connectivity index (χ4v) is 2.71. The average molecular weight is 304 g/mol. The molecule has 0 radical (unpaired) electrons. The standard InChI is InChI=1S/C18H28N2O2/c1-18(2,3)22-17(21)19-16-10-13-20(14-11-16)12-9-15-7-5-4-6-8-15/h4-8,16H,9-14H2,1-3H3,(H,19,21). The number of rotatable bonds is 4. The summed E-state index contributed by atoms with van der Waals surface area (Å²) in [5, 5.41) is 2.98. The maximum atomic E-state index is 11.8. The molecule has 1 heterocycles. The van der Waals surface area contributed by atoms with Crippen molar-refractivity contribution in [3.05, 3.63) is 35.9 Å². The summed E-state index contributed by atoms with van der Waals surface area (Å²) < 4.78 is 5.31. The maximum absolute atomic E-state index is 11.8. The summed E-state index contributed by atoms with van der Waals surface area (Å²) in [6.45, 7) is 8.82. The van der Waals surface area contributed by atoms with Gasteiger partial charge >= 0.3 is 6.09 Å². The van der Waals surface area contributed by atoms with Gasteiger partial charge in [0, 0.05) is 25.7 Å². The highest BCUT2D eigenvalue weighted by Crippen LogP contribution is 2.13. The van der Waals surface area contributed by atoms with Crippen molar-refractivity contribution in [2.45, 2.75) is 51.7 Å². The van der Waals surface area contributed by atoms with Gasteiger partial charge in [0.1, 0.15) is 5.60 Å². The van der Waals surface area contributed by atoms with Gasteiger partial charge in [-0.05, 0) is 45.6 Å². The number of likely N-dealkylation sites (tertiary alicyclic amines) is 1. The Morgan fingerprint density at radius 2 is 1.86 bits per heavy atom. The lowest BCUT2D eigenvalue weighted by molar-refractivity contribution is 0.0479. The number of alkyl carbamates (subject to hydrolysis) is 1. The van der Waals surface area contributed by atoms with Gasteiger partial charge in [-0.3, -0.25) is 0 Å². The Hall–Kier alpha value is -1.55. The van der Waals surface area contributed by atoms with E-state index in [-0.39, 0.29) is 12.1 Å². The predicted molar refractivity (Wildman–Crippen MR) is 89.0 cm³/mol. The van der Waals surface area contributed by atoms with Gasteiger partial charge in [0.05, 0.1) is 0 Å². The van der Waals surface area contributed by atoms with E-state index in [1.165, 1.54) is 5.56 Å². The van der Waals surface area contributed by atoms with E-state index in [4.69, 9.17) is 4.74 Å². The fourth-order valence-electron chi connectivity index (χ4n) is 2.71. The molecule has 1 aromatic carbocycles. The van der Waals surface area contributed by atoms with Crippen molar-refractivity contribution in [2.24, 2.45) is 0 Å². The Morgan fingerprint density at radius 3 is 2.45 bits per heavy atom. The van der Waals surface area contributed by atoms with Crippen molar-refractivity contribution in [3.63, 3.8) is 0 Å². The smallest absolute Gasteiger partial charge is 0.407 e. The van der Waals surface area contributed by atoms with E-state index in [1.807, 2.05) is 20.8 Å². The van der Waals surface area contributed by atoms with Crippen LogP contribution in [-0.4, -0.2) is 42.3 Å². The van der Waals surface area contributed by atoms with E-state index in [1.54, 1.807) is 0 Å². The molecule has 1 aliphatic heterocycles. The summed E-state index contributed by atoms with van der Waals surface area (Å²) in [7, 11) is 0. The Balaban J connectivity index is 1.66. The van der Waals surface area contributed by atoms with Crippen LogP contribution in [0.25, 0.3) is 0 Å². The first-order chi connectivity index (χ1) is 10.4. The van der Waals surface area contributed by atoms with Gasteiger partial charge in [0.2, 0.25) is 0 Å². The van der Waals surface area contributed by atoms with Crippen molar-refractivity contribution in [1.29, 1.82) is 0 Å². The van der Waals surface area contributed by atoms with Crippen molar-refractivity contribution < 1.29 is 9.53 Å². The number of carbonyl (C=O) groups excluding carboxylic acids is 1. The summed E-state index contributed by atoms with van der Waals surface area (Å²) in [5.74, 6) is 0. The third-order valence-electron chi connectivity index (χ3n) is 3.87. The van der Waals surface area contributed by atoms with Crippen molar-refractivity contribution in [3.8, 4) is 0 Å². The Kier molecular flexibility index (Phi) is 5.83. The highest BCUT2D eigenvalue weighted by atomic mass is 16.6. The molecule has 1 aromatic rings. The van der Waals surface area contributed by atoms with Gasteiger partial charge in [0.25, 0.3) is 0 Å². The van der Waals surface area contributed by atoms with E-state index < -0.39 is 5.60 Å². The molecule has 0 saturated carbocycles. The number of carbonyl (C=O) groups is 1. The van der Waals surface area contributed by atoms with Gasteiger partial charge in [-0.15, -0.1) is 0 Å². The van der Waals surface area contributed by atoms with Crippen LogP contribution in [0.2, 0.25) is 0 Å². The topological polar surface area (TPSA) is 41.6 Å². The summed E-state index contributed by atoms with van der Waals surface area (Å²) in [4.78, 5) is 14.2. The van der Waals surface area contributed by atoms with E-state index in [0.29, 0.717) is 0 Å². The van der Waals surface area contributed by atoms with Gasteiger partial charge in [-0.25, -0.2) is 4.79 Å². The second-order valence-corrected chi connectivity index (χ2v) is 7.00. The van der Waals surface area contributed by atoms with Crippen LogP contribution in [-0.2, 0) is 11.2 Å². The minimum atomic E-state index is -0.430. The lowest BCUT2D eigenvalue weighted by Crippen LogP contribution is -2.46. The Morgan fingerprint density at radius 1 is 1.23 bits per heavy atom. The Bertz CT molecular complexity index is 460. The van der Waals surface area contributed by atoms with Crippen LogP contribution in [0.1, 0.15) is 39.2 Å². The third kappa shape index (κ3) is 6.06. The highest BCUT2D eigenvalue weighted by molar-refractivity contribution is 5.68. The largest absolute Gasteiger partial charge is 0.444 e. The molecular weight excluding hydrogens is 276 g/mol. The molecule has 1 aliphatic rings. The fraction of sp³-hybridized carbons (Fsp3) is 0.611. The molecule has 0 bridgehead atoms. The summed E-state index contributed by atoms with van der Waals surface area (Å²) in [5.41, 5.74) is 0.956. The van der Waals surface area contributed by atoms with Crippen LogP contribution in [0, 0.1) is 0 Å². The molecule has 0 atom stereocenters. The number of nitrogens with one attached hydrogen (secondary N) is 1. The first-order valence-corrected chi connectivity index (χ1v) is 8.18. The monoisotopic (exact) mass is 304 g/mol.